The maximum absolute atomic E-state index is 10.6. The van der Waals surface area contributed by atoms with Crippen molar-refractivity contribution in [2.24, 2.45) is 0 Å². The summed E-state index contributed by atoms with van der Waals surface area (Å²) in [5, 5.41) is 10.6. The number of carboxylic acids is 1. The number of carbonyl (C=O) groups is 1. The number of hydrogen-bond donors (Lipinski definition) is 0. The van der Waals surface area contributed by atoms with E-state index in [-0.39, 0.29) is 63.9 Å². The van der Waals surface area contributed by atoms with E-state index in [0.29, 0.717) is 5.65 Å². The van der Waals surface area contributed by atoms with Gasteiger partial charge in [-0.1, -0.05) is 6.07 Å². The van der Waals surface area contributed by atoms with Crippen molar-refractivity contribution in [3.63, 3.8) is 0 Å². The molecule has 0 aliphatic rings. The molecule has 0 saturated heterocycles. The van der Waals surface area contributed by atoms with Crippen molar-refractivity contribution in [2.45, 2.75) is 0 Å². The molecule has 0 fully saturated rings. The number of imidazole rings is 1. The SMILES string of the molecule is O=C([O-])c1cccc2nccn12.[Rb+]. The molecular weight excluding hydrogens is 242 g/mol. The van der Waals surface area contributed by atoms with Gasteiger partial charge in [0, 0.05) is 12.4 Å². The summed E-state index contributed by atoms with van der Waals surface area (Å²) in [5.41, 5.74) is 0.724. The van der Waals surface area contributed by atoms with Crippen molar-refractivity contribution < 1.29 is 68.1 Å². The van der Waals surface area contributed by atoms with E-state index in [9.17, 15) is 9.90 Å². The van der Waals surface area contributed by atoms with E-state index < -0.39 is 5.97 Å². The van der Waals surface area contributed by atoms with Crippen LogP contribution in [0.15, 0.2) is 30.6 Å². The van der Waals surface area contributed by atoms with Crippen LogP contribution in [0.3, 0.4) is 0 Å². The van der Waals surface area contributed by atoms with E-state index in [2.05, 4.69) is 4.98 Å². The van der Waals surface area contributed by atoms with Crippen molar-refractivity contribution in [2.75, 3.05) is 0 Å². The second-order valence-electron chi connectivity index (χ2n) is 2.35. The minimum absolute atomic E-state index is 0. The summed E-state index contributed by atoms with van der Waals surface area (Å²) in [4.78, 5) is 14.5. The van der Waals surface area contributed by atoms with Gasteiger partial charge in [0.15, 0.2) is 0 Å². The Hall–Kier alpha value is -0.0348. The monoisotopic (exact) mass is 246 g/mol. The predicted octanol–water partition coefficient (Wildman–Crippen LogP) is -3.30. The van der Waals surface area contributed by atoms with Crippen LogP contribution in [0.1, 0.15) is 10.5 Å². The number of carboxylic acid groups (broad SMARTS) is 1. The molecule has 13 heavy (non-hydrogen) atoms. The molecule has 2 aromatic heterocycles. The first-order valence-electron chi connectivity index (χ1n) is 3.42. The van der Waals surface area contributed by atoms with E-state index in [1.165, 1.54) is 10.5 Å². The Kier molecular flexibility index (Phi) is 3.79. The standard InChI is InChI=1S/C8H6N2O2.Rb/c11-8(12)6-2-1-3-7-9-4-5-10(6)7;/h1-5H,(H,11,12);/q;+1/p-1. The van der Waals surface area contributed by atoms with Gasteiger partial charge in [0.1, 0.15) is 5.65 Å². The predicted molar refractivity (Wildman–Crippen MR) is 39.5 cm³/mol. The van der Waals surface area contributed by atoms with Crippen molar-refractivity contribution in [1.29, 1.82) is 0 Å². The first kappa shape index (κ1) is 11.0. The van der Waals surface area contributed by atoms with Crippen LogP contribution in [-0.2, 0) is 0 Å². The summed E-state index contributed by atoms with van der Waals surface area (Å²) in [6, 6.07) is 4.84. The van der Waals surface area contributed by atoms with Crippen molar-refractivity contribution >= 4 is 11.6 Å². The van der Waals surface area contributed by atoms with Gasteiger partial charge in [0.05, 0.1) is 11.7 Å². The average molecular weight is 247 g/mol. The largest absolute Gasteiger partial charge is 1.00 e. The average Bonchev–Trinajstić information content (AvgIpc) is 2.49. The van der Waals surface area contributed by atoms with Gasteiger partial charge in [-0.15, -0.1) is 0 Å². The second-order valence-corrected chi connectivity index (χ2v) is 2.35. The van der Waals surface area contributed by atoms with Crippen LogP contribution < -0.4 is 63.3 Å². The van der Waals surface area contributed by atoms with Crippen molar-refractivity contribution in [1.82, 2.24) is 9.38 Å². The van der Waals surface area contributed by atoms with Crippen LogP contribution >= 0.6 is 0 Å². The minimum Gasteiger partial charge on any atom is -0.543 e. The normalized spacial score (nSPS) is 9.54. The van der Waals surface area contributed by atoms with Crippen LogP contribution in [0.2, 0.25) is 0 Å². The number of pyridine rings is 1. The fraction of sp³-hybridized carbons (Fsp3) is 0. The van der Waals surface area contributed by atoms with Crippen LogP contribution in [0, 0.1) is 0 Å². The Balaban J connectivity index is 0.000000845. The molecule has 0 spiro atoms. The molecule has 4 nitrogen and oxygen atoms in total. The molecule has 0 atom stereocenters. The van der Waals surface area contributed by atoms with E-state index in [4.69, 9.17) is 0 Å². The van der Waals surface area contributed by atoms with Crippen LogP contribution in [0.5, 0.6) is 0 Å². The zero-order valence-corrected chi connectivity index (χ0v) is 12.0. The van der Waals surface area contributed by atoms with E-state index in [0.717, 1.165) is 0 Å². The second kappa shape index (κ2) is 4.46. The Morgan fingerprint density at radius 2 is 2.23 bits per heavy atom. The smallest absolute Gasteiger partial charge is 0.543 e. The molecule has 60 valence electrons. The molecule has 0 aliphatic heterocycles. The third-order valence-electron chi connectivity index (χ3n) is 1.64. The summed E-state index contributed by atoms with van der Waals surface area (Å²) in [6.45, 7) is 0. The topological polar surface area (TPSA) is 57.4 Å². The molecule has 2 rings (SSSR count). The molecule has 2 heterocycles. The van der Waals surface area contributed by atoms with Gasteiger partial charge < -0.3 is 9.90 Å². The quantitative estimate of drug-likeness (QED) is 0.530. The van der Waals surface area contributed by atoms with Gasteiger partial charge in [0.25, 0.3) is 0 Å². The summed E-state index contributed by atoms with van der Waals surface area (Å²) in [5.74, 6) is -1.20. The molecule has 0 N–H and O–H groups in total. The van der Waals surface area contributed by atoms with Gasteiger partial charge in [-0.3, -0.25) is 4.40 Å². The van der Waals surface area contributed by atoms with Crippen molar-refractivity contribution in [3.05, 3.63) is 36.3 Å². The Morgan fingerprint density at radius 3 is 2.92 bits per heavy atom. The molecule has 5 heteroatoms. The minimum atomic E-state index is -1.20. The van der Waals surface area contributed by atoms with E-state index in [1.807, 2.05) is 0 Å². The number of hydrogen-bond acceptors (Lipinski definition) is 3. The fourth-order valence-electron chi connectivity index (χ4n) is 1.11. The Morgan fingerprint density at radius 1 is 1.46 bits per heavy atom. The van der Waals surface area contributed by atoms with Crippen LogP contribution in [0.25, 0.3) is 5.65 Å². The number of aromatic carboxylic acids is 1. The molecule has 2 aromatic rings. The van der Waals surface area contributed by atoms with Crippen molar-refractivity contribution in [3.8, 4) is 0 Å². The summed E-state index contributed by atoms with van der Waals surface area (Å²) >= 11 is 0. The van der Waals surface area contributed by atoms with Gasteiger partial charge in [-0.2, -0.15) is 0 Å². The first-order valence-corrected chi connectivity index (χ1v) is 3.42. The maximum atomic E-state index is 10.6. The van der Waals surface area contributed by atoms with E-state index >= 15 is 0 Å². The van der Waals surface area contributed by atoms with Gasteiger partial charge >= 0.3 is 58.2 Å². The number of nitrogens with zero attached hydrogens (tertiary/aromatic N) is 2. The molecule has 0 bridgehead atoms. The molecule has 0 aromatic carbocycles. The molecule has 0 aliphatic carbocycles. The molecule has 0 unspecified atom stereocenters. The molecule has 0 radical (unpaired) electrons. The molecule has 0 saturated carbocycles. The fourth-order valence-corrected chi connectivity index (χ4v) is 1.11. The summed E-state index contributed by atoms with van der Waals surface area (Å²) in [7, 11) is 0. The Labute approximate surface area is 123 Å². The molecular formula is C8H5N2O2Rb. The van der Waals surface area contributed by atoms with Gasteiger partial charge in [0.2, 0.25) is 0 Å². The van der Waals surface area contributed by atoms with Crippen LogP contribution in [0.4, 0.5) is 0 Å². The van der Waals surface area contributed by atoms with Crippen LogP contribution in [-0.4, -0.2) is 15.4 Å². The summed E-state index contributed by atoms with van der Waals surface area (Å²) < 4.78 is 1.47. The van der Waals surface area contributed by atoms with Gasteiger partial charge in [-0.05, 0) is 12.1 Å². The number of carbonyl (C=O) groups excluding carboxylic acids is 1. The maximum Gasteiger partial charge on any atom is 1.00 e. The molecule has 0 amide bonds. The number of rotatable bonds is 1. The number of fused-ring (bicyclic) bond motifs is 1. The first-order chi connectivity index (χ1) is 5.79. The third kappa shape index (κ3) is 2.07. The summed E-state index contributed by atoms with van der Waals surface area (Å²) in [6.07, 6.45) is 3.13. The van der Waals surface area contributed by atoms with Gasteiger partial charge in [-0.25, -0.2) is 4.98 Å². The zero-order valence-electron chi connectivity index (χ0n) is 7.10. The third-order valence-corrected chi connectivity index (χ3v) is 1.64. The van der Waals surface area contributed by atoms with E-state index in [1.54, 1.807) is 24.5 Å². The zero-order chi connectivity index (χ0) is 8.55. The number of aromatic nitrogens is 2. The Bertz CT molecular complexity index is 438.